The summed E-state index contributed by atoms with van der Waals surface area (Å²) < 4.78 is 1.22. The van der Waals surface area contributed by atoms with Gasteiger partial charge in [0.25, 0.3) is 0 Å². The van der Waals surface area contributed by atoms with Crippen molar-refractivity contribution < 1.29 is 0 Å². The molecule has 1 aliphatic carbocycles. The Kier molecular flexibility index (Phi) is 4.90. The van der Waals surface area contributed by atoms with Crippen molar-refractivity contribution in [2.24, 2.45) is 0 Å². The fourth-order valence-electron chi connectivity index (χ4n) is 2.58. The van der Waals surface area contributed by atoms with Crippen LogP contribution in [-0.2, 0) is 0 Å². The van der Waals surface area contributed by atoms with Gasteiger partial charge in [0.05, 0.1) is 0 Å². The Balaban J connectivity index is 2.00. The van der Waals surface area contributed by atoms with Crippen molar-refractivity contribution in [3.05, 3.63) is 28.2 Å². The zero-order valence-electron chi connectivity index (χ0n) is 10.6. The van der Waals surface area contributed by atoms with E-state index in [-0.39, 0.29) is 0 Å². The summed E-state index contributed by atoms with van der Waals surface area (Å²) in [7, 11) is 0. The molecule has 1 aromatic rings. The molecule has 0 spiro atoms. The van der Waals surface area contributed by atoms with Crippen molar-refractivity contribution in [2.75, 3.05) is 5.32 Å². The number of anilines is 1. The van der Waals surface area contributed by atoms with Gasteiger partial charge in [-0.15, -0.1) is 0 Å². The minimum Gasteiger partial charge on any atom is -0.381 e. The molecule has 1 aliphatic rings. The van der Waals surface area contributed by atoms with Gasteiger partial charge < -0.3 is 5.32 Å². The molecular formula is C15H22BrN. The van der Waals surface area contributed by atoms with Crippen LogP contribution in [0.4, 0.5) is 5.69 Å². The summed E-state index contributed by atoms with van der Waals surface area (Å²) in [5, 5.41) is 3.71. The van der Waals surface area contributed by atoms with Crippen LogP contribution in [0, 0.1) is 6.92 Å². The highest BCUT2D eigenvalue weighted by molar-refractivity contribution is 9.10. The lowest BCUT2D eigenvalue weighted by atomic mass is 9.96. The average molecular weight is 296 g/mol. The molecule has 0 atom stereocenters. The molecule has 94 valence electrons. The monoisotopic (exact) mass is 295 g/mol. The van der Waals surface area contributed by atoms with Crippen molar-refractivity contribution >= 4 is 21.6 Å². The van der Waals surface area contributed by atoms with Crippen LogP contribution in [0.15, 0.2) is 22.7 Å². The van der Waals surface area contributed by atoms with Crippen molar-refractivity contribution in [3.8, 4) is 0 Å². The van der Waals surface area contributed by atoms with Crippen LogP contribution in [0.5, 0.6) is 0 Å². The first-order valence-electron chi connectivity index (χ1n) is 6.79. The lowest BCUT2D eigenvalue weighted by Crippen LogP contribution is -2.20. The minimum absolute atomic E-state index is 0.661. The molecule has 0 unspecified atom stereocenters. The Bertz CT molecular complexity index is 354. The van der Waals surface area contributed by atoms with Gasteiger partial charge >= 0.3 is 0 Å². The third-order valence-electron chi connectivity index (χ3n) is 3.66. The second-order valence-corrected chi connectivity index (χ2v) is 5.92. The summed E-state index contributed by atoms with van der Waals surface area (Å²) in [6.45, 7) is 2.15. The van der Waals surface area contributed by atoms with Gasteiger partial charge in [0.15, 0.2) is 0 Å². The number of hydrogen-bond donors (Lipinski definition) is 1. The van der Waals surface area contributed by atoms with E-state index >= 15 is 0 Å². The molecule has 1 saturated carbocycles. The maximum absolute atomic E-state index is 3.71. The quantitative estimate of drug-likeness (QED) is 0.782. The van der Waals surface area contributed by atoms with E-state index in [2.05, 4.69) is 46.4 Å². The van der Waals surface area contributed by atoms with E-state index in [0.29, 0.717) is 6.04 Å². The smallest absolute Gasteiger partial charge is 0.0489 e. The highest BCUT2D eigenvalue weighted by Gasteiger charge is 2.12. The fraction of sp³-hybridized carbons (Fsp3) is 0.600. The molecule has 0 aliphatic heterocycles. The van der Waals surface area contributed by atoms with Gasteiger partial charge in [0.2, 0.25) is 0 Å². The van der Waals surface area contributed by atoms with Crippen LogP contribution in [0.3, 0.4) is 0 Å². The Morgan fingerprint density at radius 1 is 1.06 bits per heavy atom. The predicted octanol–water partition coefficient (Wildman–Crippen LogP) is 5.28. The van der Waals surface area contributed by atoms with E-state index in [1.54, 1.807) is 0 Å². The van der Waals surface area contributed by atoms with Gasteiger partial charge in [-0.25, -0.2) is 0 Å². The minimum atomic E-state index is 0.661. The Morgan fingerprint density at radius 3 is 2.41 bits per heavy atom. The second kappa shape index (κ2) is 6.44. The number of aryl methyl sites for hydroxylation is 1. The molecule has 0 saturated heterocycles. The molecular weight excluding hydrogens is 274 g/mol. The number of benzene rings is 1. The van der Waals surface area contributed by atoms with Crippen molar-refractivity contribution in [2.45, 2.75) is 57.9 Å². The van der Waals surface area contributed by atoms with Gasteiger partial charge in [-0.05, 0) is 47.3 Å². The average Bonchev–Trinajstić information content (AvgIpc) is 2.28. The molecule has 1 N–H and O–H groups in total. The largest absolute Gasteiger partial charge is 0.381 e. The third kappa shape index (κ3) is 3.74. The molecule has 0 aromatic heterocycles. The zero-order valence-corrected chi connectivity index (χ0v) is 12.2. The number of nitrogens with one attached hydrogen (secondary N) is 1. The molecule has 17 heavy (non-hydrogen) atoms. The van der Waals surface area contributed by atoms with Crippen LogP contribution < -0.4 is 5.32 Å². The van der Waals surface area contributed by atoms with E-state index in [9.17, 15) is 0 Å². The van der Waals surface area contributed by atoms with Crippen molar-refractivity contribution in [1.82, 2.24) is 0 Å². The van der Waals surface area contributed by atoms with Crippen LogP contribution in [0.1, 0.15) is 50.5 Å². The highest BCUT2D eigenvalue weighted by atomic mass is 79.9. The fourth-order valence-corrected chi connectivity index (χ4v) is 2.96. The van der Waals surface area contributed by atoms with E-state index in [0.717, 1.165) is 0 Å². The maximum atomic E-state index is 3.71. The second-order valence-electron chi connectivity index (χ2n) is 5.12. The maximum Gasteiger partial charge on any atom is 0.0489 e. The van der Waals surface area contributed by atoms with E-state index in [1.165, 1.54) is 60.7 Å². The number of halogens is 1. The first-order valence-corrected chi connectivity index (χ1v) is 7.58. The first-order chi connectivity index (χ1) is 8.27. The normalized spacial score (nSPS) is 18.5. The molecule has 1 aromatic carbocycles. The van der Waals surface area contributed by atoms with E-state index in [1.807, 2.05) is 0 Å². The SMILES string of the molecule is Cc1cccc(NC2CCCCCCC2)c1Br. The van der Waals surface area contributed by atoms with Gasteiger partial charge in [0, 0.05) is 16.2 Å². The first kappa shape index (κ1) is 12.9. The summed E-state index contributed by atoms with van der Waals surface area (Å²) in [5.74, 6) is 0. The lowest BCUT2D eigenvalue weighted by molar-refractivity contribution is 0.471. The third-order valence-corrected chi connectivity index (χ3v) is 4.71. The Labute approximate surface area is 113 Å². The predicted molar refractivity (Wildman–Crippen MR) is 78.6 cm³/mol. The molecule has 2 rings (SSSR count). The van der Waals surface area contributed by atoms with E-state index < -0.39 is 0 Å². The topological polar surface area (TPSA) is 12.0 Å². The Hall–Kier alpha value is -0.500. The zero-order chi connectivity index (χ0) is 12.1. The van der Waals surface area contributed by atoms with Gasteiger partial charge in [-0.2, -0.15) is 0 Å². The van der Waals surface area contributed by atoms with Crippen molar-refractivity contribution in [3.63, 3.8) is 0 Å². The Morgan fingerprint density at radius 2 is 1.71 bits per heavy atom. The summed E-state index contributed by atoms with van der Waals surface area (Å²) in [4.78, 5) is 0. The molecule has 2 heteroatoms. The van der Waals surface area contributed by atoms with Gasteiger partial charge in [0.1, 0.15) is 0 Å². The lowest BCUT2D eigenvalue weighted by Gasteiger charge is -2.23. The molecule has 0 amide bonds. The van der Waals surface area contributed by atoms with Crippen LogP contribution >= 0.6 is 15.9 Å². The van der Waals surface area contributed by atoms with Crippen LogP contribution in [0.25, 0.3) is 0 Å². The molecule has 0 bridgehead atoms. The summed E-state index contributed by atoms with van der Waals surface area (Å²) in [6.07, 6.45) is 9.64. The molecule has 0 heterocycles. The number of hydrogen-bond acceptors (Lipinski definition) is 1. The van der Waals surface area contributed by atoms with Crippen LogP contribution in [0.2, 0.25) is 0 Å². The molecule has 1 fully saturated rings. The molecule has 1 nitrogen and oxygen atoms in total. The summed E-state index contributed by atoms with van der Waals surface area (Å²) in [5.41, 5.74) is 2.57. The molecule has 0 radical (unpaired) electrons. The standard InChI is InChI=1S/C15H22BrN/c1-12-8-7-11-14(15(12)16)17-13-9-5-3-2-4-6-10-13/h7-8,11,13,17H,2-6,9-10H2,1H3. The van der Waals surface area contributed by atoms with Gasteiger partial charge in [-0.3, -0.25) is 0 Å². The number of rotatable bonds is 2. The van der Waals surface area contributed by atoms with Crippen molar-refractivity contribution in [1.29, 1.82) is 0 Å². The summed E-state index contributed by atoms with van der Waals surface area (Å²) in [6, 6.07) is 7.11. The van der Waals surface area contributed by atoms with E-state index in [4.69, 9.17) is 0 Å². The van der Waals surface area contributed by atoms with Crippen LogP contribution in [-0.4, -0.2) is 6.04 Å². The summed E-state index contributed by atoms with van der Waals surface area (Å²) >= 11 is 3.68. The van der Waals surface area contributed by atoms with Gasteiger partial charge in [-0.1, -0.05) is 44.2 Å². The highest BCUT2D eigenvalue weighted by Crippen LogP contribution is 2.28.